The van der Waals surface area contributed by atoms with Gasteiger partial charge >= 0.3 is 0 Å². The van der Waals surface area contributed by atoms with E-state index in [1.165, 1.54) is 0 Å². The van der Waals surface area contributed by atoms with E-state index in [0.717, 1.165) is 5.57 Å². The van der Waals surface area contributed by atoms with Crippen LogP contribution in [-0.2, 0) is 4.79 Å². The smallest absolute Gasteiger partial charge is 0.250 e. The largest absolute Gasteiger partial charge is 0.355 e. The zero-order valence-corrected chi connectivity index (χ0v) is 6.69. The summed E-state index contributed by atoms with van der Waals surface area (Å²) in [5, 5.41) is 2.49. The number of carbonyl (C=O) groups is 1. The van der Waals surface area contributed by atoms with Crippen LogP contribution < -0.4 is 5.32 Å². The zero-order chi connectivity index (χ0) is 8.15. The van der Waals surface area contributed by atoms with Gasteiger partial charge in [-0.25, -0.2) is 0 Å². The van der Waals surface area contributed by atoms with Gasteiger partial charge in [0.2, 0.25) is 5.91 Å². The Balaban J connectivity index is 4.11. The molecule has 2 heteroatoms. The molecule has 2 nitrogen and oxygen atoms in total. The van der Waals surface area contributed by atoms with Crippen LogP contribution in [0.25, 0.3) is 0 Å². The second kappa shape index (κ2) is 3.88. The molecular formula is C8H13NO. The van der Waals surface area contributed by atoms with Gasteiger partial charge in [0.1, 0.15) is 0 Å². The van der Waals surface area contributed by atoms with Crippen LogP contribution in [-0.4, -0.2) is 13.0 Å². The highest BCUT2D eigenvalue weighted by Gasteiger charge is 1.98. The quantitative estimate of drug-likeness (QED) is 0.453. The molecule has 0 heterocycles. The van der Waals surface area contributed by atoms with Crippen molar-refractivity contribution in [2.24, 2.45) is 0 Å². The van der Waals surface area contributed by atoms with Gasteiger partial charge < -0.3 is 5.32 Å². The topological polar surface area (TPSA) is 29.1 Å². The van der Waals surface area contributed by atoms with E-state index in [1.807, 2.05) is 13.8 Å². The highest BCUT2D eigenvalue weighted by atomic mass is 16.1. The fourth-order valence-electron chi connectivity index (χ4n) is 0.575. The normalized spacial score (nSPS) is 8.30. The van der Waals surface area contributed by atoms with Gasteiger partial charge in [-0.05, 0) is 13.8 Å². The lowest BCUT2D eigenvalue weighted by atomic mass is 10.2. The van der Waals surface area contributed by atoms with Crippen LogP contribution in [0.15, 0.2) is 23.8 Å². The van der Waals surface area contributed by atoms with Crippen molar-refractivity contribution >= 4 is 5.91 Å². The summed E-state index contributed by atoms with van der Waals surface area (Å²) in [4.78, 5) is 10.8. The summed E-state index contributed by atoms with van der Waals surface area (Å²) in [6.45, 7) is 7.43. The fourth-order valence-corrected chi connectivity index (χ4v) is 0.575. The number of hydrogen-bond donors (Lipinski definition) is 1. The minimum atomic E-state index is -0.124. The first-order valence-corrected chi connectivity index (χ1v) is 3.14. The van der Waals surface area contributed by atoms with Gasteiger partial charge in [0.25, 0.3) is 0 Å². The Morgan fingerprint density at radius 2 is 2.00 bits per heavy atom. The molecule has 0 rings (SSSR count). The molecule has 0 aromatic heterocycles. The van der Waals surface area contributed by atoms with Crippen LogP contribution in [0, 0.1) is 0 Å². The average Bonchev–Trinajstić information content (AvgIpc) is 1.85. The summed E-state index contributed by atoms with van der Waals surface area (Å²) >= 11 is 0. The van der Waals surface area contributed by atoms with E-state index in [2.05, 4.69) is 11.9 Å². The van der Waals surface area contributed by atoms with Crippen molar-refractivity contribution in [3.05, 3.63) is 23.8 Å². The van der Waals surface area contributed by atoms with Crippen molar-refractivity contribution in [3.8, 4) is 0 Å². The Morgan fingerprint density at radius 1 is 1.50 bits per heavy atom. The van der Waals surface area contributed by atoms with Crippen molar-refractivity contribution in [2.75, 3.05) is 7.05 Å². The summed E-state index contributed by atoms with van der Waals surface area (Å²) in [6.07, 6.45) is 1.75. The van der Waals surface area contributed by atoms with Crippen LogP contribution >= 0.6 is 0 Å². The SMILES string of the molecule is C=C(C=C(C)C)C(=O)NC. The molecule has 0 saturated heterocycles. The molecule has 0 aromatic carbocycles. The maximum absolute atomic E-state index is 10.8. The molecule has 0 spiro atoms. The average molecular weight is 139 g/mol. The van der Waals surface area contributed by atoms with Gasteiger partial charge in [-0.2, -0.15) is 0 Å². The molecule has 56 valence electrons. The lowest BCUT2D eigenvalue weighted by Crippen LogP contribution is -2.18. The summed E-state index contributed by atoms with van der Waals surface area (Å²) in [7, 11) is 1.59. The van der Waals surface area contributed by atoms with Gasteiger partial charge in [0.15, 0.2) is 0 Å². The maximum atomic E-state index is 10.8. The number of nitrogens with one attached hydrogen (secondary N) is 1. The molecule has 0 atom stereocenters. The minimum absolute atomic E-state index is 0.124. The van der Waals surface area contributed by atoms with Crippen molar-refractivity contribution < 1.29 is 4.79 Å². The Hall–Kier alpha value is -1.05. The summed E-state index contributed by atoms with van der Waals surface area (Å²) in [6, 6.07) is 0. The van der Waals surface area contributed by atoms with Gasteiger partial charge in [-0.1, -0.05) is 18.2 Å². The highest BCUT2D eigenvalue weighted by molar-refractivity contribution is 5.95. The first-order valence-electron chi connectivity index (χ1n) is 3.14. The van der Waals surface area contributed by atoms with Crippen LogP contribution in [0.3, 0.4) is 0 Å². The van der Waals surface area contributed by atoms with E-state index in [-0.39, 0.29) is 5.91 Å². The third kappa shape index (κ3) is 3.07. The van der Waals surface area contributed by atoms with Crippen molar-refractivity contribution in [2.45, 2.75) is 13.8 Å². The van der Waals surface area contributed by atoms with Crippen molar-refractivity contribution in [1.82, 2.24) is 5.32 Å². The molecule has 1 amide bonds. The number of likely N-dealkylation sites (N-methyl/N-ethyl adjacent to an activating group) is 1. The summed E-state index contributed by atoms with van der Waals surface area (Å²) in [5.74, 6) is -0.124. The first kappa shape index (κ1) is 8.95. The van der Waals surface area contributed by atoms with Crippen LogP contribution in [0.5, 0.6) is 0 Å². The third-order valence-electron chi connectivity index (χ3n) is 0.982. The third-order valence-corrected chi connectivity index (χ3v) is 0.982. The van der Waals surface area contributed by atoms with Gasteiger partial charge in [0, 0.05) is 12.6 Å². The van der Waals surface area contributed by atoms with E-state index in [0.29, 0.717) is 5.57 Å². The molecule has 0 aromatic rings. The van der Waals surface area contributed by atoms with Crippen LogP contribution in [0.2, 0.25) is 0 Å². The van der Waals surface area contributed by atoms with Gasteiger partial charge in [-0.3, -0.25) is 4.79 Å². The number of amides is 1. The standard InChI is InChI=1S/C8H13NO/c1-6(2)5-7(3)8(10)9-4/h5H,3H2,1-2,4H3,(H,9,10). The molecular weight excluding hydrogens is 126 g/mol. The molecule has 0 aliphatic rings. The minimum Gasteiger partial charge on any atom is -0.355 e. The van der Waals surface area contributed by atoms with Crippen LogP contribution in [0.4, 0.5) is 0 Å². The fraction of sp³-hybridized carbons (Fsp3) is 0.375. The van der Waals surface area contributed by atoms with E-state index < -0.39 is 0 Å². The molecule has 0 unspecified atom stereocenters. The second-order valence-corrected chi connectivity index (χ2v) is 2.33. The number of rotatable bonds is 2. The molecule has 0 saturated carbocycles. The Morgan fingerprint density at radius 3 is 2.30 bits per heavy atom. The highest BCUT2D eigenvalue weighted by Crippen LogP contribution is 1.97. The van der Waals surface area contributed by atoms with Crippen LogP contribution in [0.1, 0.15) is 13.8 Å². The predicted octanol–water partition coefficient (Wildman–Crippen LogP) is 1.25. The number of allylic oxidation sites excluding steroid dienone is 1. The molecule has 0 aliphatic heterocycles. The van der Waals surface area contributed by atoms with Crippen molar-refractivity contribution in [1.29, 1.82) is 0 Å². The Bertz CT molecular complexity index is 176. The van der Waals surface area contributed by atoms with E-state index in [4.69, 9.17) is 0 Å². The van der Waals surface area contributed by atoms with E-state index in [9.17, 15) is 4.79 Å². The van der Waals surface area contributed by atoms with Gasteiger partial charge in [-0.15, -0.1) is 0 Å². The molecule has 0 radical (unpaired) electrons. The maximum Gasteiger partial charge on any atom is 0.250 e. The number of carbonyl (C=O) groups excluding carboxylic acids is 1. The summed E-state index contributed by atoms with van der Waals surface area (Å²) < 4.78 is 0. The monoisotopic (exact) mass is 139 g/mol. The molecule has 0 bridgehead atoms. The molecule has 0 aliphatic carbocycles. The Labute approximate surface area is 61.6 Å². The number of hydrogen-bond acceptors (Lipinski definition) is 1. The zero-order valence-electron chi connectivity index (χ0n) is 6.69. The summed E-state index contributed by atoms with van der Waals surface area (Å²) in [5.41, 5.74) is 1.58. The predicted molar refractivity (Wildman–Crippen MR) is 42.6 cm³/mol. The molecule has 0 fully saturated rings. The van der Waals surface area contributed by atoms with Crippen molar-refractivity contribution in [3.63, 3.8) is 0 Å². The van der Waals surface area contributed by atoms with E-state index >= 15 is 0 Å². The lowest BCUT2D eigenvalue weighted by Gasteiger charge is -1.97. The van der Waals surface area contributed by atoms with E-state index in [1.54, 1.807) is 13.1 Å². The molecule has 1 N–H and O–H groups in total. The molecule has 10 heavy (non-hydrogen) atoms. The lowest BCUT2D eigenvalue weighted by molar-refractivity contribution is -0.116. The first-order chi connectivity index (χ1) is 4.57. The second-order valence-electron chi connectivity index (χ2n) is 2.33. The Kier molecular flexibility index (Phi) is 3.47. The van der Waals surface area contributed by atoms with Gasteiger partial charge in [0.05, 0.1) is 0 Å².